The lowest BCUT2D eigenvalue weighted by Gasteiger charge is -2.18. The Hall–Kier alpha value is -1.26. The first-order chi connectivity index (χ1) is 9.69. The zero-order valence-electron chi connectivity index (χ0n) is 11.9. The van der Waals surface area contributed by atoms with Gasteiger partial charge in [-0.15, -0.1) is 0 Å². The summed E-state index contributed by atoms with van der Waals surface area (Å²) in [6.07, 6.45) is 5.68. The second-order valence-corrected chi connectivity index (χ2v) is 5.85. The summed E-state index contributed by atoms with van der Waals surface area (Å²) < 4.78 is 1.01. The predicted molar refractivity (Wildman–Crippen MR) is 85.6 cm³/mol. The van der Waals surface area contributed by atoms with Gasteiger partial charge in [0.15, 0.2) is 0 Å². The molecule has 2 aromatic heterocycles. The molecule has 2 aromatic rings. The van der Waals surface area contributed by atoms with Crippen molar-refractivity contribution in [3.8, 4) is 0 Å². The highest BCUT2D eigenvalue weighted by Gasteiger charge is 2.13. The molecule has 0 spiro atoms. The largest absolute Gasteiger partial charge is 0.308 e. The van der Waals surface area contributed by atoms with Crippen LogP contribution in [0.3, 0.4) is 0 Å². The first-order valence-electron chi connectivity index (χ1n) is 6.95. The molecule has 0 bridgehead atoms. The number of nitrogens with zero attached hydrogens (tertiary/aromatic N) is 2. The lowest BCUT2D eigenvalue weighted by Crippen LogP contribution is -2.25. The van der Waals surface area contributed by atoms with Crippen LogP contribution in [0.4, 0.5) is 0 Å². The van der Waals surface area contributed by atoms with Gasteiger partial charge in [-0.1, -0.05) is 6.92 Å². The first-order valence-corrected chi connectivity index (χ1v) is 7.74. The van der Waals surface area contributed by atoms with Gasteiger partial charge in [0.1, 0.15) is 0 Å². The number of rotatable bonds is 6. The van der Waals surface area contributed by atoms with Crippen molar-refractivity contribution >= 4 is 15.9 Å². The minimum atomic E-state index is 0.212. The van der Waals surface area contributed by atoms with Crippen LogP contribution in [0.2, 0.25) is 0 Å². The summed E-state index contributed by atoms with van der Waals surface area (Å²) in [6, 6.07) is 8.47. The second kappa shape index (κ2) is 7.50. The highest BCUT2D eigenvalue weighted by molar-refractivity contribution is 9.10. The summed E-state index contributed by atoms with van der Waals surface area (Å²) in [7, 11) is 0. The molecule has 0 radical (unpaired) electrons. The van der Waals surface area contributed by atoms with Crippen LogP contribution in [0.25, 0.3) is 0 Å². The van der Waals surface area contributed by atoms with E-state index in [1.807, 2.05) is 24.5 Å². The summed E-state index contributed by atoms with van der Waals surface area (Å²) in [5.41, 5.74) is 3.40. The van der Waals surface area contributed by atoms with Gasteiger partial charge in [0.25, 0.3) is 0 Å². The Morgan fingerprint density at radius 2 is 2.10 bits per heavy atom. The fourth-order valence-electron chi connectivity index (χ4n) is 2.09. The van der Waals surface area contributed by atoms with Gasteiger partial charge in [0.2, 0.25) is 0 Å². The lowest BCUT2D eigenvalue weighted by molar-refractivity contribution is 0.513. The monoisotopic (exact) mass is 333 g/mol. The van der Waals surface area contributed by atoms with Gasteiger partial charge in [0, 0.05) is 29.0 Å². The summed E-state index contributed by atoms with van der Waals surface area (Å²) in [5.74, 6) is 0. The molecule has 0 fully saturated rings. The molecule has 2 rings (SSSR count). The van der Waals surface area contributed by atoms with Crippen LogP contribution < -0.4 is 5.32 Å². The normalized spacial score (nSPS) is 12.3. The molecule has 0 saturated heterocycles. The molecule has 0 aliphatic carbocycles. The van der Waals surface area contributed by atoms with Crippen LogP contribution in [0.15, 0.2) is 41.1 Å². The molecule has 0 aliphatic heterocycles. The van der Waals surface area contributed by atoms with Crippen LogP contribution in [0.1, 0.15) is 36.3 Å². The van der Waals surface area contributed by atoms with E-state index in [4.69, 9.17) is 0 Å². The molecular formula is C16H20BrN3. The predicted octanol–water partition coefficient (Wildman–Crippen LogP) is 3.83. The fourth-order valence-corrected chi connectivity index (χ4v) is 2.32. The third-order valence-electron chi connectivity index (χ3n) is 3.14. The van der Waals surface area contributed by atoms with Gasteiger partial charge < -0.3 is 5.32 Å². The summed E-state index contributed by atoms with van der Waals surface area (Å²) >= 11 is 3.42. The Morgan fingerprint density at radius 3 is 2.75 bits per heavy atom. The van der Waals surface area contributed by atoms with E-state index in [1.165, 1.54) is 5.56 Å². The number of hydrogen-bond acceptors (Lipinski definition) is 3. The molecule has 2 heterocycles. The van der Waals surface area contributed by atoms with Gasteiger partial charge in [-0.05, 0) is 65.6 Å². The van der Waals surface area contributed by atoms with E-state index in [0.717, 1.165) is 35.2 Å². The zero-order valence-corrected chi connectivity index (χ0v) is 13.5. The van der Waals surface area contributed by atoms with E-state index in [0.29, 0.717) is 0 Å². The van der Waals surface area contributed by atoms with E-state index in [-0.39, 0.29) is 6.04 Å². The van der Waals surface area contributed by atoms with E-state index in [2.05, 4.69) is 57.2 Å². The molecule has 0 amide bonds. The SMILES string of the molecule is CCCNC(Cc1ccc(Br)cn1)c1cc(C)ccn1. The van der Waals surface area contributed by atoms with Gasteiger partial charge in [-0.2, -0.15) is 0 Å². The quantitative estimate of drug-likeness (QED) is 0.872. The molecule has 1 atom stereocenters. The summed E-state index contributed by atoms with van der Waals surface area (Å²) in [5, 5.41) is 3.56. The molecule has 4 heteroatoms. The molecule has 1 unspecified atom stereocenters. The Labute approximate surface area is 129 Å². The average molecular weight is 334 g/mol. The Balaban J connectivity index is 2.16. The highest BCUT2D eigenvalue weighted by Crippen LogP contribution is 2.17. The van der Waals surface area contributed by atoms with Gasteiger partial charge in [-0.3, -0.25) is 9.97 Å². The fraction of sp³-hybridized carbons (Fsp3) is 0.375. The number of aryl methyl sites for hydroxylation is 1. The smallest absolute Gasteiger partial charge is 0.0579 e. The van der Waals surface area contributed by atoms with Crippen LogP contribution >= 0.6 is 15.9 Å². The Kier molecular flexibility index (Phi) is 5.68. The number of nitrogens with one attached hydrogen (secondary N) is 1. The number of aromatic nitrogens is 2. The average Bonchev–Trinajstić information content (AvgIpc) is 2.45. The van der Waals surface area contributed by atoms with Crippen molar-refractivity contribution in [2.75, 3.05) is 6.54 Å². The van der Waals surface area contributed by atoms with E-state index in [9.17, 15) is 0 Å². The zero-order chi connectivity index (χ0) is 14.4. The molecule has 20 heavy (non-hydrogen) atoms. The maximum Gasteiger partial charge on any atom is 0.0579 e. The molecule has 3 nitrogen and oxygen atoms in total. The van der Waals surface area contributed by atoms with Crippen LogP contribution in [0, 0.1) is 6.92 Å². The third-order valence-corrected chi connectivity index (χ3v) is 3.61. The van der Waals surface area contributed by atoms with Crippen molar-refractivity contribution < 1.29 is 0 Å². The summed E-state index contributed by atoms with van der Waals surface area (Å²) in [6.45, 7) is 5.25. The first kappa shape index (κ1) is 15.1. The minimum absolute atomic E-state index is 0.212. The van der Waals surface area contributed by atoms with Crippen LogP contribution in [-0.2, 0) is 6.42 Å². The van der Waals surface area contributed by atoms with Gasteiger partial charge in [0.05, 0.1) is 11.7 Å². The van der Waals surface area contributed by atoms with Crippen molar-refractivity contribution in [3.05, 3.63) is 58.1 Å². The highest BCUT2D eigenvalue weighted by atomic mass is 79.9. The molecular weight excluding hydrogens is 314 g/mol. The maximum atomic E-state index is 4.51. The Morgan fingerprint density at radius 1 is 1.25 bits per heavy atom. The van der Waals surface area contributed by atoms with Crippen molar-refractivity contribution in [2.24, 2.45) is 0 Å². The van der Waals surface area contributed by atoms with E-state index in [1.54, 1.807) is 0 Å². The van der Waals surface area contributed by atoms with Crippen molar-refractivity contribution in [1.82, 2.24) is 15.3 Å². The van der Waals surface area contributed by atoms with Crippen molar-refractivity contribution in [2.45, 2.75) is 32.7 Å². The molecule has 0 saturated carbocycles. The lowest BCUT2D eigenvalue weighted by atomic mass is 10.0. The molecule has 0 aliphatic rings. The number of hydrogen-bond donors (Lipinski definition) is 1. The van der Waals surface area contributed by atoms with Crippen molar-refractivity contribution in [3.63, 3.8) is 0 Å². The minimum Gasteiger partial charge on any atom is -0.308 e. The topological polar surface area (TPSA) is 37.8 Å². The van der Waals surface area contributed by atoms with E-state index >= 15 is 0 Å². The second-order valence-electron chi connectivity index (χ2n) is 4.94. The number of pyridine rings is 2. The van der Waals surface area contributed by atoms with Crippen LogP contribution in [-0.4, -0.2) is 16.5 Å². The van der Waals surface area contributed by atoms with Crippen LogP contribution in [0.5, 0.6) is 0 Å². The molecule has 0 aromatic carbocycles. The Bertz CT molecular complexity index is 540. The summed E-state index contributed by atoms with van der Waals surface area (Å²) in [4.78, 5) is 8.97. The standard InChI is InChI=1S/C16H20BrN3/c1-3-7-18-16(15-9-12(2)6-8-19-15)10-14-5-4-13(17)11-20-14/h4-6,8-9,11,16,18H,3,7,10H2,1-2H3. The maximum absolute atomic E-state index is 4.51. The van der Waals surface area contributed by atoms with E-state index < -0.39 is 0 Å². The number of halogens is 1. The van der Waals surface area contributed by atoms with Gasteiger partial charge in [-0.25, -0.2) is 0 Å². The van der Waals surface area contributed by atoms with Crippen molar-refractivity contribution in [1.29, 1.82) is 0 Å². The van der Waals surface area contributed by atoms with Gasteiger partial charge >= 0.3 is 0 Å². The molecule has 106 valence electrons. The molecule has 1 N–H and O–H groups in total. The third kappa shape index (κ3) is 4.39.